The summed E-state index contributed by atoms with van der Waals surface area (Å²) < 4.78 is 17.6. The van der Waals surface area contributed by atoms with Crippen molar-refractivity contribution in [3.05, 3.63) is 66.1 Å². The lowest BCUT2D eigenvalue weighted by molar-refractivity contribution is 0.0946. The Morgan fingerprint density at radius 1 is 1.15 bits per heavy atom. The van der Waals surface area contributed by atoms with Crippen molar-refractivity contribution in [2.75, 3.05) is 14.2 Å². The van der Waals surface area contributed by atoms with Crippen LogP contribution in [0.5, 0.6) is 11.5 Å². The predicted octanol–water partition coefficient (Wildman–Crippen LogP) is 3.39. The molecule has 0 spiro atoms. The third-order valence-electron chi connectivity index (χ3n) is 4.96. The molecule has 0 radical (unpaired) electrons. The number of carbonyl (C=O) groups is 1. The van der Waals surface area contributed by atoms with Crippen molar-refractivity contribution >= 4 is 5.91 Å². The summed E-state index contributed by atoms with van der Waals surface area (Å²) in [5.74, 6) is 2.77. The Morgan fingerprint density at radius 3 is 2.73 bits per heavy atom. The Kier molecular flexibility index (Phi) is 6.34. The molecule has 1 aromatic carbocycles. The molecule has 0 aliphatic rings. The minimum absolute atomic E-state index is 0.163. The number of nitrogens with one attached hydrogen (secondary N) is 1. The molecule has 33 heavy (non-hydrogen) atoms. The van der Waals surface area contributed by atoms with Gasteiger partial charge in [0.1, 0.15) is 29.3 Å². The molecule has 10 nitrogen and oxygen atoms in total. The molecule has 3 aromatic heterocycles. The van der Waals surface area contributed by atoms with E-state index in [1.54, 1.807) is 49.4 Å². The van der Waals surface area contributed by atoms with Crippen molar-refractivity contribution in [2.45, 2.75) is 26.3 Å². The van der Waals surface area contributed by atoms with Crippen LogP contribution >= 0.6 is 0 Å². The zero-order valence-corrected chi connectivity index (χ0v) is 18.8. The van der Waals surface area contributed by atoms with Crippen LogP contribution in [0.2, 0.25) is 0 Å². The maximum Gasteiger partial charge on any atom is 0.271 e. The van der Waals surface area contributed by atoms with E-state index in [2.05, 4.69) is 25.4 Å². The van der Waals surface area contributed by atoms with Crippen LogP contribution < -0.4 is 14.8 Å². The van der Waals surface area contributed by atoms with Gasteiger partial charge in [-0.1, -0.05) is 19.0 Å². The first kappa shape index (κ1) is 22.0. The summed E-state index contributed by atoms with van der Waals surface area (Å²) in [5, 5.41) is 6.85. The van der Waals surface area contributed by atoms with E-state index < -0.39 is 0 Å². The van der Waals surface area contributed by atoms with Gasteiger partial charge in [-0.05, 0) is 24.3 Å². The van der Waals surface area contributed by atoms with Crippen molar-refractivity contribution < 1.29 is 18.8 Å². The van der Waals surface area contributed by atoms with Gasteiger partial charge in [0.15, 0.2) is 5.82 Å². The first-order valence-corrected chi connectivity index (χ1v) is 10.3. The molecule has 10 heteroatoms. The van der Waals surface area contributed by atoms with E-state index in [1.165, 1.54) is 6.33 Å². The highest BCUT2D eigenvalue weighted by atomic mass is 16.5. The third-order valence-corrected chi connectivity index (χ3v) is 4.96. The van der Waals surface area contributed by atoms with E-state index in [1.807, 2.05) is 26.0 Å². The minimum atomic E-state index is -0.318. The van der Waals surface area contributed by atoms with Crippen LogP contribution in [0.25, 0.3) is 17.3 Å². The van der Waals surface area contributed by atoms with Crippen LogP contribution in [-0.4, -0.2) is 44.8 Å². The van der Waals surface area contributed by atoms with Gasteiger partial charge in [-0.25, -0.2) is 9.97 Å². The van der Waals surface area contributed by atoms with Crippen LogP contribution in [0.1, 0.15) is 41.6 Å². The summed E-state index contributed by atoms with van der Waals surface area (Å²) in [5.41, 5.74) is 1.81. The second-order valence-electron chi connectivity index (χ2n) is 7.54. The van der Waals surface area contributed by atoms with Crippen LogP contribution in [0.4, 0.5) is 0 Å². The van der Waals surface area contributed by atoms with Gasteiger partial charge in [-0.15, -0.1) is 0 Å². The highest BCUT2D eigenvalue weighted by Crippen LogP contribution is 2.24. The Hall–Kier alpha value is -4.21. The first-order valence-electron chi connectivity index (χ1n) is 10.3. The fraction of sp³-hybridized carbons (Fsp3) is 0.261. The number of methoxy groups -OCH3 is 2. The van der Waals surface area contributed by atoms with Crippen LogP contribution in [0.15, 0.2) is 53.6 Å². The third kappa shape index (κ3) is 4.84. The molecular formula is C23H24N6O4. The fourth-order valence-corrected chi connectivity index (χ4v) is 3.11. The Morgan fingerprint density at radius 2 is 2.00 bits per heavy atom. The SMILES string of the molecule is COc1ccc(CNC(=O)c2cn(-c3cc(-c4nc(C(C)C)no4)ccn3)cn2)c(OC)c1. The molecule has 0 bridgehead atoms. The summed E-state index contributed by atoms with van der Waals surface area (Å²) in [7, 11) is 3.16. The number of hydrogen-bond acceptors (Lipinski definition) is 8. The lowest BCUT2D eigenvalue weighted by atomic mass is 10.2. The second-order valence-corrected chi connectivity index (χ2v) is 7.54. The maximum absolute atomic E-state index is 12.6. The van der Waals surface area contributed by atoms with Crippen LogP contribution in [0.3, 0.4) is 0 Å². The topological polar surface area (TPSA) is 117 Å². The number of imidazole rings is 1. The number of carbonyl (C=O) groups excluding carboxylic acids is 1. The molecule has 0 saturated heterocycles. The maximum atomic E-state index is 12.6. The number of nitrogens with zero attached hydrogens (tertiary/aromatic N) is 5. The van der Waals surface area contributed by atoms with Crippen molar-refractivity contribution in [3.63, 3.8) is 0 Å². The molecular weight excluding hydrogens is 424 g/mol. The molecule has 0 atom stereocenters. The fourth-order valence-electron chi connectivity index (χ4n) is 3.11. The molecule has 3 heterocycles. The number of hydrogen-bond donors (Lipinski definition) is 1. The summed E-state index contributed by atoms with van der Waals surface area (Å²) in [4.78, 5) is 25.6. The van der Waals surface area contributed by atoms with E-state index in [4.69, 9.17) is 14.0 Å². The van der Waals surface area contributed by atoms with E-state index in [0.29, 0.717) is 29.0 Å². The summed E-state index contributed by atoms with van der Waals surface area (Å²) in [6.45, 7) is 4.27. The van der Waals surface area contributed by atoms with Gasteiger partial charge < -0.3 is 19.3 Å². The molecule has 170 valence electrons. The minimum Gasteiger partial charge on any atom is -0.497 e. The quantitative estimate of drug-likeness (QED) is 0.436. The molecule has 0 fully saturated rings. The lowest BCUT2D eigenvalue weighted by Gasteiger charge is -2.10. The normalized spacial score (nSPS) is 10.9. The highest BCUT2D eigenvalue weighted by molar-refractivity contribution is 5.92. The number of amides is 1. The van der Waals surface area contributed by atoms with Gasteiger partial charge >= 0.3 is 0 Å². The lowest BCUT2D eigenvalue weighted by Crippen LogP contribution is -2.23. The first-order chi connectivity index (χ1) is 16.0. The van der Waals surface area contributed by atoms with E-state index in [-0.39, 0.29) is 24.1 Å². The molecule has 4 aromatic rings. The summed E-state index contributed by atoms with van der Waals surface area (Å²) in [6.07, 6.45) is 4.78. The smallest absolute Gasteiger partial charge is 0.271 e. The van der Waals surface area contributed by atoms with Crippen molar-refractivity contribution in [3.8, 4) is 28.8 Å². The van der Waals surface area contributed by atoms with Crippen LogP contribution in [0, 0.1) is 0 Å². The number of ether oxygens (including phenoxy) is 2. The zero-order valence-electron chi connectivity index (χ0n) is 18.8. The van der Waals surface area contributed by atoms with Gasteiger partial charge in [0.05, 0.1) is 14.2 Å². The van der Waals surface area contributed by atoms with Crippen molar-refractivity contribution in [1.29, 1.82) is 0 Å². The second kappa shape index (κ2) is 9.51. The van der Waals surface area contributed by atoms with Crippen molar-refractivity contribution in [2.24, 2.45) is 0 Å². The molecule has 0 aliphatic heterocycles. The van der Waals surface area contributed by atoms with Gasteiger partial charge in [-0.3, -0.25) is 9.36 Å². The van der Waals surface area contributed by atoms with Crippen LogP contribution in [-0.2, 0) is 6.54 Å². The number of pyridine rings is 1. The molecule has 0 unspecified atom stereocenters. The van der Waals surface area contributed by atoms with Gasteiger partial charge in [0, 0.05) is 42.0 Å². The van der Waals surface area contributed by atoms with E-state index >= 15 is 0 Å². The standard InChI is InChI=1S/C23H24N6O4/c1-14(2)21-27-23(33-28-21)15-7-8-24-20(9-15)29-12-18(26-13-29)22(30)25-11-16-5-6-17(31-3)10-19(16)32-4/h5-10,12-14H,11H2,1-4H3,(H,25,30). The molecule has 0 aliphatic carbocycles. The monoisotopic (exact) mass is 448 g/mol. The molecule has 1 N–H and O–H groups in total. The number of rotatable bonds is 8. The summed E-state index contributed by atoms with van der Waals surface area (Å²) >= 11 is 0. The Bertz CT molecular complexity index is 1260. The largest absolute Gasteiger partial charge is 0.497 e. The number of aromatic nitrogens is 5. The molecule has 4 rings (SSSR count). The zero-order chi connectivity index (χ0) is 23.4. The Balaban J connectivity index is 1.47. The average Bonchev–Trinajstić information content (AvgIpc) is 3.53. The van der Waals surface area contributed by atoms with E-state index in [9.17, 15) is 4.79 Å². The highest BCUT2D eigenvalue weighted by Gasteiger charge is 2.15. The molecule has 1 amide bonds. The average molecular weight is 448 g/mol. The predicted molar refractivity (Wildman–Crippen MR) is 119 cm³/mol. The van der Waals surface area contributed by atoms with Gasteiger partial charge in [0.25, 0.3) is 11.8 Å². The Labute approximate surface area is 190 Å². The number of benzene rings is 1. The van der Waals surface area contributed by atoms with Gasteiger partial charge in [0.2, 0.25) is 0 Å². The molecule has 0 saturated carbocycles. The van der Waals surface area contributed by atoms with Gasteiger partial charge in [-0.2, -0.15) is 4.98 Å². The summed E-state index contributed by atoms with van der Waals surface area (Å²) in [6, 6.07) is 9.00. The van der Waals surface area contributed by atoms with E-state index in [0.717, 1.165) is 11.1 Å². The van der Waals surface area contributed by atoms with Crippen molar-refractivity contribution in [1.82, 2.24) is 30.0 Å².